The molecule has 1 amide bonds. The number of hydrogen-bond acceptors (Lipinski definition) is 5. The van der Waals surface area contributed by atoms with Crippen molar-refractivity contribution >= 4 is 11.9 Å². The monoisotopic (exact) mass is 1070 g/mol. The fourth-order valence-electron chi connectivity index (χ4n) is 11.2. The van der Waals surface area contributed by atoms with E-state index in [-0.39, 0.29) is 18.5 Å². The van der Waals surface area contributed by atoms with Crippen LogP contribution < -0.4 is 5.32 Å². The second-order valence-electron chi connectivity index (χ2n) is 24.2. The van der Waals surface area contributed by atoms with Crippen LogP contribution in [0.1, 0.15) is 399 Å². The smallest absolute Gasteiger partial charge is 0.305 e. The van der Waals surface area contributed by atoms with Crippen LogP contribution in [0.3, 0.4) is 0 Å². The second-order valence-corrected chi connectivity index (χ2v) is 24.2. The van der Waals surface area contributed by atoms with E-state index in [2.05, 4.69) is 19.2 Å². The van der Waals surface area contributed by atoms with Gasteiger partial charge in [0.15, 0.2) is 0 Å². The zero-order chi connectivity index (χ0) is 55.0. The summed E-state index contributed by atoms with van der Waals surface area (Å²) in [5, 5.41) is 23.2. The van der Waals surface area contributed by atoms with Gasteiger partial charge in [0.2, 0.25) is 5.91 Å². The third kappa shape index (κ3) is 61.8. The standard InChI is InChI=1S/C70H137NO5/c1-3-5-7-9-11-13-15-16-17-18-33-36-39-43-46-50-54-58-62-68(73)67(66-72)71-69(74)63-59-55-51-47-44-40-37-34-31-29-27-25-23-21-19-20-22-24-26-28-30-32-35-38-41-45-49-53-57-61-65-76-70(75)64-60-56-52-48-42-14-12-10-8-6-4-2/h58,62,67-68,72-73H,3-57,59-61,63-66H2,1-2H3,(H,71,74)/b62-58+. The molecule has 6 nitrogen and oxygen atoms in total. The van der Waals surface area contributed by atoms with Gasteiger partial charge in [0.25, 0.3) is 0 Å². The highest BCUT2D eigenvalue weighted by Gasteiger charge is 2.18. The number of amides is 1. The molecule has 0 fully saturated rings. The van der Waals surface area contributed by atoms with Crippen molar-refractivity contribution in [1.29, 1.82) is 0 Å². The molecule has 0 aliphatic heterocycles. The number of nitrogens with one attached hydrogen (secondary N) is 1. The maximum absolute atomic E-state index is 12.5. The Hall–Kier alpha value is -1.40. The SMILES string of the molecule is CCCCCCCCCCCCCCCCCC/C=C/C(O)C(CO)NC(=O)CCCCCCCCCCCCCCCCCCCCCCCCCCCCCCCCOC(=O)CCCCCCCCCCCCC. The molecule has 0 rings (SSSR count). The lowest BCUT2D eigenvalue weighted by Crippen LogP contribution is -2.45. The van der Waals surface area contributed by atoms with Crippen molar-refractivity contribution in [3.05, 3.63) is 12.2 Å². The van der Waals surface area contributed by atoms with Gasteiger partial charge in [-0.2, -0.15) is 0 Å². The molecule has 0 heterocycles. The number of rotatable bonds is 66. The molecule has 0 saturated heterocycles. The maximum Gasteiger partial charge on any atom is 0.305 e. The number of carbonyl (C=O) groups excluding carboxylic acids is 2. The van der Waals surface area contributed by atoms with Crippen LogP contribution in [0.5, 0.6) is 0 Å². The minimum atomic E-state index is -0.841. The van der Waals surface area contributed by atoms with Crippen molar-refractivity contribution in [1.82, 2.24) is 5.32 Å². The van der Waals surface area contributed by atoms with Crippen LogP contribution in [0.2, 0.25) is 0 Å². The molecule has 0 radical (unpaired) electrons. The average molecular weight is 1070 g/mol. The molecule has 0 aliphatic rings. The topological polar surface area (TPSA) is 95.9 Å². The molecule has 0 aromatic rings. The fourth-order valence-corrected chi connectivity index (χ4v) is 11.2. The first kappa shape index (κ1) is 74.6. The lowest BCUT2D eigenvalue weighted by atomic mass is 10.0. The highest BCUT2D eigenvalue weighted by Crippen LogP contribution is 2.19. The number of hydrogen-bond donors (Lipinski definition) is 3. The molecule has 0 aromatic carbocycles. The number of ether oxygens (including phenoxy) is 1. The van der Waals surface area contributed by atoms with Crippen molar-refractivity contribution < 1.29 is 24.5 Å². The van der Waals surface area contributed by atoms with Crippen LogP contribution in [0.25, 0.3) is 0 Å². The van der Waals surface area contributed by atoms with Gasteiger partial charge in [-0.15, -0.1) is 0 Å². The van der Waals surface area contributed by atoms with Crippen LogP contribution >= 0.6 is 0 Å². The van der Waals surface area contributed by atoms with Gasteiger partial charge in [-0.25, -0.2) is 0 Å². The summed E-state index contributed by atoms with van der Waals surface area (Å²) in [4.78, 5) is 24.5. The minimum absolute atomic E-state index is 0.0203. The first-order chi connectivity index (χ1) is 37.5. The number of unbranched alkanes of at least 4 members (excludes halogenated alkanes) is 55. The zero-order valence-corrected chi connectivity index (χ0v) is 51.8. The molecular formula is C70H137NO5. The van der Waals surface area contributed by atoms with Crippen molar-refractivity contribution in [3.63, 3.8) is 0 Å². The molecule has 0 aromatic heterocycles. The number of aliphatic hydroxyl groups is 2. The van der Waals surface area contributed by atoms with E-state index in [1.54, 1.807) is 6.08 Å². The molecule has 0 saturated carbocycles. The summed E-state index contributed by atoms with van der Waals surface area (Å²) in [5.41, 5.74) is 0. The Morgan fingerprint density at radius 3 is 0.895 bits per heavy atom. The van der Waals surface area contributed by atoms with Crippen molar-refractivity contribution in [2.75, 3.05) is 13.2 Å². The molecule has 0 bridgehead atoms. The van der Waals surface area contributed by atoms with Crippen molar-refractivity contribution in [3.8, 4) is 0 Å². The summed E-state index contributed by atoms with van der Waals surface area (Å²) in [6.07, 6.45) is 81.5. The molecule has 452 valence electrons. The molecule has 3 N–H and O–H groups in total. The predicted octanol–water partition coefficient (Wildman–Crippen LogP) is 22.4. The van der Waals surface area contributed by atoms with E-state index in [0.717, 1.165) is 38.5 Å². The Bertz CT molecular complexity index is 1140. The summed E-state index contributed by atoms with van der Waals surface area (Å²) < 4.78 is 5.48. The van der Waals surface area contributed by atoms with E-state index in [4.69, 9.17) is 4.74 Å². The molecule has 76 heavy (non-hydrogen) atoms. The van der Waals surface area contributed by atoms with Crippen LogP contribution in [-0.4, -0.2) is 47.4 Å². The Morgan fingerprint density at radius 1 is 0.355 bits per heavy atom. The Kier molecular flexibility index (Phi) is 64.9. The zero-order valence-electron chi connectivity index (χ0n) is 51.8. The van der Waals surface area contributed by atoms with E-state index >= 15 is 0 Å². The van der Waals surface area contributed by atoms with Gasteiger partial charge in [-0.3, -0.25) is 9.59 Å². The number of carbonyl (C=O) groups is 2. The number of allylic oxidation sites excluding steroid dienone is 1. The minimum Gasteiger partial charge on any atom is -0.466 e. The normalized spacial score (nSPS) is 12.5. The Labute approximate surface area is 476 Å². The first-order valence-electron chi connectivity index (χ1n) is 35.0. The summed E-state index contributed by atoms with van der Waals surface area (Å²) in [5.74, 6) is -0.0399. The quantitative estimate of drug-likeness (QED) is 0.0320. The molecule has 0 aliphatic carbocycles. The Balaban J connectivity index is 3.35. The molecule has 2 unspecified atom stereocenters. The maximum atomic E-state index is 12.5. The van der Waals surface area contributed by atoms with Gasteiger partial charge in [0, 0.05) is 12.8 Å². The third-order valence-corrected chi connectivity index (χ3v) is 16.6. The van der Waals surface area contributed by atoms with Crippen molar-refractivity contribution in [2.24, 2.45) is 0 Å². The van der Waals surface area contributed by atoms with Gasteiger partial charge in [-0.05, 0) is 32.1 Å². The van der Waals surface area contributed by atoms with Crippen LogP contribution in [0.4, 0.5) is 0 Å². The van der Waals surface area contributed by atoms with Crippen LogP contribution in [0, 0.1) is 0 Å². The predicted molar refractivity (Wildman–Crippen MR) is 333 cm³/mol. The molecule has 2 atom stereocenters. The van der Waals surface area contributed by atoms with Gasteiger partial charge in [-0.1, -0.05) is 366 Å². The average Bonchev–Trinajstić information content (AvgIpc) is 3.42. The van der Waals surface area contributed by atoms with Crippen LogP contribution in [-0.2, 0) is 14.3 Å². The van der Waals surface area contributed by atoms with Crippen LogP contribution in [0.15, 0.2) is 12.2 Å². The summed E-state index contributed by atoms with van der Waals surface area (Å²) in [6.45, 7) is 4.94. The Morgan fingerprint density at radius 2 is 0.605 bits per heavy atom. The fraction of sp³-hybridized carbons (Fsp3) is 0.943. The van der Waals surface area contributed by atoms with E-state index < -0.39 is 12.1 Å². The largest absolute Gasteiger partial charge is 0.466 e. The summed E-state index contributed by atoms with van der Waals surface area (Å²) in [6, 6.07) is -0.624. The summed E-state index contributed by atoms with van der Waals surface area (Å²) >= 11 is 0. The molecular weight excluding hydrogens is 935 g/mol. The van der Waals surface area contributed by atoms with Gasteiger partial charge < -0.3 is 20.3 Å². The highest BCUT2D eigenvalue weighted by atomic mass is 16.5. The van der Waals surface area contributed by atoms with E-state index in [1.165, 1.54) is 334 Å². The lowest BCUT2D eigenvalue weighted by molar-refractivity contribution is -0.143. The lowest BCUT2D eigenvalue weighted by Gasteiger charge is -2.20. The number of aliphatic hydroxyl groups excluding tert-OH is 2. The second kappa shape index (κ2) is 66.1. The van der Waals surface area contributed by atoms with Gasteiger partial charge >= 0.3 is 5.97 Å². The summed E-state index contributed by atoms with van der Waals surface area (Å²) in [7, 11) is 0. The van der Waals surface area contributed by atoms with Gasteiger partial charge in [0.1, 0.15) is 0 Å². The van der Waals surface area contributed by atoms with E-state index in [1.807, 2.05) is 6.08 Å². The van der Waals surface area contributed by atoms with E-state index in [9.17, 15) is 19.8 Å². The van der Waals surface area contributed by atoms with E-state index in [0.29, 0.717) is 19.4 Å². The number of esters is 1. The molecule has 6 heteroatoms. The van der Waals surface area contributed by atoms with Crippen molar-refractivity contribution in [2.45, 2.75) is 411 Å². The molecule has 0 spiro atoms. The third-order valence-electron chi connectivity index (χ3n) is 16.6. The first-order valence-corrected chi connectivity index (χ1v) is 35.0. The highest BCUT2D eigenvalue weighted by molar-refractivity contribution is 5.76. The van der Waals surface area contributed by atoms with Gasteiger partial charge in [0.05, 0.1) is 25.4 Å².